The summed E-state index contributed by atoms with van der Waals surface area (Å²) in [6.45, 7) is 7.89. The number of halogens is 1. The van der Waals surface area contributed by atoms with Crippen LogP contribution in [0.4, 0.5) is 0 Å². The molecule has 8 heteroatoms. The van der Waals surface area contributed by atoms with Crippen molar-refractivity contribution in [3.05, 3.63) is 23.8 Å². The molecule has 1 amide bonds. The first-order valence-electron chi connectivity index (χ1n) is 8.47. The Kier molecular flexibility index (Phi) is 8.45. The zero-order valence-corrected chi connectivity index (χ0v) is 18.4. The molecule has 0 saturated carbocycles. The molecule has 146 valence electrons. The molecule has 0 unspecified atom stereocenters. The Morgan fingerprint density at radius 3 is 2.65 bits per heavy atom. The van der Waals surface area contributed by atoms with Gasteiger partial charge in [0, 0.05) is 27.2 Å². The van der Waals surface area contributed by atoms with Gasteiger partial charge in [-0.2, -0.15) is 0 Å². The normalized spacial score (nSPS) is 13.0. The lowest BCUT2D eigenvalue weighted by molar-refractivity contribution is -0.128. The number of carbonyl (C=O) groups excluding carboxylic acids is 1. The molecule has 1 aliphatic heterocycles. The molecule has 0 bridgehead atoms. The second-order valence-electron chi connectivity index (χ2n) is 6.68. The fourth-order valence-electron chi connectivity index (χ4n) is 2.54. The van der Waals surface area contributed by atoms with E-state index in [4.69, 9.17) is 9.47 Å². The van der Waals surface area contributed by atoms with Crippen LogP contribution in [0.5, 0.6) is 11.5 Å². The van der Waals surface area contributed by atoms with E-state index < -0.39 is 5.41 Å². The Bertz CT molecular complexity index is 649. The molecule has 0 radical (unpaired) electrons. The van der Waals surface area contributed by atoms with Crippen LogP contribution in [0, 0.1) is 5.41 Å². The second kappa shape index (κ2) is 9.84. The maximum absolute atomic E-state index is 11.9. The number of fused-ring (bicyclic) bond motifs is 1. The highest BCUT2D eigenvalue weighted by atomic mass is 127. The van der Waals surface area contributed by atoms with Crippen molar-refractivity contribution in [3.8, 4) is 11.5 Å². The molecule has 2 N–H and O–H groups in total. The first-order chi connectivity index (χ1) is 11.9. The van der Waals surface area contributed by atoms with Crippen LogP contribution in [-0.4, -0.2) is 50.7 Å². The van der Waals surface area contributed by atoms with E-state index in [2.05, 4.69) is 15.6 Å². The summed E-state index contributed by atoms with van der Waals surface area (Å²) in [5.41, 5.74) is 0.539. The van der Waals surface area contributed by atoms with Gasteiger partial charge < -0.3 is 25.0 Å². The van der Waals surface area contributed by atoms with Gasteiger partial charge in [-0.3, -0.25) is 9.79 Å². The lowest BCUT2D eigenvalue weighted by Crippen LogP contribution is -2.41. The Labute approximate surface area is 172 Å². The standard InChI is InChI=1S/C18H28N4O3.HI/c1-6-20-17(21-11-18(2,3)16(23)19-4)22(5)10-13-7-8-14-15(9-13)25-12-24-14;/h7-9H,6,10-12H2,1-5H3,(H,19,23)(H,20,21);1H. The molecular formula is C18H29IN4O3. The van der Waals surface area contributed by atoms with Crippen molar-refractivity contribution in [2.45, 2.75) is 27.3 Å². The highest BCUT2D eigenvalue weighted by molar-refractivity contribution is 14.0. The van der Waals surface area contributed by atoms with Crippen LogP contribution >= 0.6 is 24.0 Å². The van der Waals surface area contributed by atoms with Crippen molar-refractivity contribution in [3.63, 3.8) is 0 Å². The Morgan fingerprint density at radius 2 is 2.00 bits per heavy atom. The first kappa shape index (κ1) is 22.3. The number of nitrogens with one attached hydrogen (secondary N) is 2. The summed E-state index contributed by atoms with van der Waals surface area (Å²) < 4.78 is 10.8. The Balaban J connectivity index is 0.00000338. The number of nitrogens with zero attached hydrogens (tertiary/aromatic N) is 2. The third-order valence-electron chi connectivity index (χ3n) is 4.02. The van der Waals surface area contributed by atoms with Crippen molar-refractivity contribution in [2.24, 2.45) is 10.4 Å². The molecule has 2 rings (SSSR count). The van der Waals surface area contributed by atoms with E-state index in [0.717, 1.165) is 29.6 Å². The van der Waals surface area contributed by atoms with Crippen LogP contribution < -0.4 is 20.1 Å². The zero-order valence-electron chi connectivity index (χ0n) is 16.1. The van der Waals surface area contributed by atoms with E-state index in [1.54, 1.807) is 7.05 Å². The average Bonchev–Trinajstić information content (AvgIpc) is 3.05. The van der Waals surface area contributed by atoms with Gasteiger partial charge in [0.2, 0.25) is 12.7 Å². The topological polar surface area (TPSA) is 75.2 Å². The molecule has 1 aliphatic rings. The van der Waals surface area contributed by atoms with E-state index in [1.807, 2.05) is 50.9 Å². The third kappa shape index (κ3) is 5.65. The largest absolute Gasteiger partial charge is 0.454 e. The second-order valence-corrected chi connectivity index (χ2v) is 6.68. The number of hydrogen-bond donors (Lipinski definition) is 2. The lowest BCUT2D eigenvalue weighted by Gasteiger charge is -2.25. The van der Waals surface area contributed by atoms with Crippen molar-refractivity contribution >= 4 is 35.8 Å². The van der Waals surface area contributed by atoms with Crippen molar-refractivity contribution in [1.29, 1.82) is 0 Å². The third-order valence-corrected chi connectivity index (χ3v) is 4.02. The highest BCUT2D eigenvalue weighted by Crippen LogP contribution is 2.32. The van der Waals surface area contributed by atoms with Gasteiger partial charge in [0.05, 0.1) is 12.0 Å². The van der Waals surface area contributed by atoms with Crippen LogP contribution in [0.1, 0.15) is 26.3 Å². The van der Waals surface area contributed by atoms with Gasteiger partial charge in [-0.25, -0.2) is 0 Å². The maximum Gasteiger partial charge on any atom is 0.231 e. The van der Waals surface area contributed by atoms with Crippen LogP contribution in [0.15, 0.2) is 23.2 Å². The van der Waals surface area contributed by atoms with Gasteiger partial charge >= 0.3 is 0 Å². The first-order valence-corrected chi connectivity index (χ1v) is 8.47. The summed E-state index contributed by atoms with van der Waals surface area (Å²) in [5.74, 6) is 2.29. The van der Waals surface area contributed by atoms with Gasteiger partial charge in [0.15, 0.2) is 17.5 Å². The summed E-state index contributed by atoms with van der Waals surface area (Å²) in [4.78, 5) is 18.6. The molecule has 0 aromatic heterocycles. The molecule has 1 aromatic rings. The van der Waals surface area contributed by atoms with E-state index >= 15 is 0 Å². The molecule has 0 spiro atoms. The van der Waals surface area contributed by atoms with Gasteiger partial charge in [0.25, 0.3) is 0 Å². The number of ether oxygens (including phenoxy) is 2. The summed E-state index contributed by atoms with van der Waals surface area (Å²) >= 11 is 0. The van der Waals surface area contributed by atoms with Gasteiger partial charge in [-0.15, -0.1) is 24.0 Å². The molecule has 0 fully saturated rings. The van der Waals surface area contributed by atoms with Crippen LogP contribution in [0.3, 0.4) is 0 Å². The summed E-state index contributed by atoms with van der Waals surface area (Å²) in [7, 11) is 3.61. The van der Waals surface area contributed by atoms with Crippen molar-refractivity contribution in [2.75, 3.05) is 34.0 Å². The SMILES string of the molecule is CCNC(=NCC(C)(C)C(=O)NC)N(C)Cc1ccc2c(c1)OCO2.I. The minimum Gasteiger partial charge on any atom is -0.454 e. The fourth-order valence-corrected chi connectivity index (χ4v) is 2.54. The van der Waals surface area contributed by atoms with Crippen molar-refractivity contribution < 1.29 is 14.3 Å². The summed E-state index contributed by atoms with van der Waals surface area (Å²) in [5, 5.41) is 5.96. The Morgan fingerprint density at radius 1 is 1.31 bits per heavy atom. The highest BCUT2D eigenvalue weighted by Gasteiger charge is 2.26. The number of amides is 1. The molecule has 7 nitrogen and oxygen atoms in total. The van der Waals surface area contributed by atoms with Gasteiger partial charge in [-0.1, -0.05) is 6.07 Å². The fraction of sp³-hybridized carbons (Fsp3) is 0.556. The molecule has 0 atom stereocenters. The van der Waals surface area contributed by atoms with E-state index in [-0.39, 0.29) is 36.7 Å². The Hall–Kier alpha value is -1.71. The summed E-state index contributed by atoms with van der Waals surface area (Å²) in [6.07, 6.45) is 0. The molecular weight excluding hydrogens is 447 g/mol. The average molecular weight is 476 g/mol. The number of rotatable bonds is 6. The van der Waals surface area contributed by atoms with Crippen LogP contribution in [0.25, 0.3) is 0 Å². The smallest absolute Gasteiger partial charge is 0.231 e. The predicted octanol–water partition coefficient (Wildman–Crippen LogP) is 2.20. The van der Waals surface area contributed by atoms with Gasteiger partial charge in [-0.05, 0) is 38.5 Å². The lowest BCUT2D eigenvalue weighted by atomic mass is 9.93. The molecule has 0 aliphatic carbocycles. The number of aliphatic imine (C=N–C) groups is 1. The van der Waals surface area contributed by atoms with Crippen LogP contribution in [-0.2, 0) is 11.3 Å². The number of hydrogen-bond acceptors (Lipinski definition) is 4. The molecule has 0 saturated heterocycles. The van der Waals surface area contributed by atoms with Crippen molar-refractivity contribution in [1.82, 2.24) is 15.5 Å². The number of carbonyl (C=O) groups is 1. The minimum atomic E-state index is -0.561. The van der Waals surface area contributed by atoms with Gasteiger partial charge in [0.1, 0.15) is 0 Å². The van der Waals surface area contributed by atoms with E-state index in [1.165, 1.54) is 0 Å². The zero-order chi connectivity index (χ0) is 18.4. The quantitative estimate of drug-likeness (QED) is 0.374. The van der Waals surface area contributed by atoms with E-state index in [9.17, 15) is 4.79 Å². The minimum absolute atomic E-state index is 0. The summed E-state index contributed by atoms with van der Waals surface area (Å²) in [6, 6.07) is 5.92. The molecule has 26 heavy (non-hydrogen) atoms. The number of benzene rings is 1. The molecule has 1 heterocycles. The predicted molar refractivity (Wildman–Crippen MR) is 113 cm³/mol. The number of guanidine groups is 1. The maximum atomic E-state index is 11.9. The van der Waals surface area contributed by atoms with E-state index in [0.29, 0.717) is 13.1 Å². The monoisotopic (exact) mass is 476 g/mol. The van der Waals surface area contributed by atoms with Crippen LogP contribution in [0.2, 0.25) is 0 Å². The molecule has 1 aromatic carbocycles.